The van der Waals surface area contributed by atoms with E-state index in [4.69, 9.17) is 4.74 Å². The first kappa shape index (κ1) is 20.0. The third kappa shape index (κ3) is 6.49. The number of hydrogen-bond donors (Lipinski definition) is 2. The number of aliphatic imine (C=N–C) groups is 1. The Morgan fingerprint density at radius 3 is 2.48 bits per heavy atom. The fourth-order valence-electron chi connectivity index (χ4n) is 3.66. The summed E-state index contributed by atoms with van der Waals surface area (Å²) in [5.74, 6) is 0.827. The van der Waals surface area contributed by atoms with Gasteiger partial charge in [0, 0.05) is 40.4 Å². The molecule has 0 aliphatic heterocycles. The van der Waals surface area contributed by atoms with E-state index in [1.165, 1.54) is 51.4 Å². The molecule has 0 unspecified atom stereocenters. The van der Waals surface area contributed by atoms with Gasteiger partial charge in [0.1, 0.15) is 6.54 Å². The zero-order chi connectivity index (χ0) is 18.1. The number of methoxy groups -OCH3 is 1. The summed E-state index contributed by atoms with van der Waals surface area (Å²) in [5, 5.41) is 7.09. The Morgan fingerprint density at radius 1 is 1.20 bits per heavy atom. The first-order valence-electron chi connectivity index (χ1n) is 9.79. The number of guanidine groups is 1. The van der Waals surface area contributed by atoms with Gasteiger partial charge in [0.25, 0.3) is 0 Å². The number of amides is 1. The summed E-state index contributed by atoms with van der Waals surface area (Å²) in [6.07, 6.45) is 11.1. The lowest BCUT2D eigenvalue weighted by Crippen LogP contribution is -2.50. The molecule has 0 radical (unpaired) electrons. The Hall–Kier alpha value is -1.30. The normalized spacial score (nSPS) is 20.7. The van der Waals surface area contributed by atoms with Crippen LogP contribution in [0.4, 0.5) is 0 Å². The monoisotopic (exact) mass is 352 g/mol. The zero-order valence-corrected chi connectivity index (χ0v) is 16.3. The van der Waals surface area contributed by atoms with E-state index in [1.54, 1.807) is 26.1 Å². The Labute approximate surface area is 152 Å². The predicted molar refractivity (Wildman–Crippen MR) is 102 cm³/mol. The van der Waals surface area contributed by atoms with Gasteiger partial charge in [-0.3, -0.25) is 4.79 Å². The van der Waals surface area contributed by atoms with Crippen LogP contribution in [0.3, 0.4) is 0 Å². The highest BCUT2D eigenvalue weighted by Gasteiger charge is 2.36. The molecule has 0 saturated heterocycles. The third-order valence-electron chi connectivity index (χ3n) is 5.70. The largest absolute Gasteiger partial charge is 0.385 e. The molecule has 2 saturated carbocycles. The molecule has 2 N–H and O–H groups in total. The quantitative estimate of drug-likeness (QED) is 0.519. The van der Waals surface area contributed by atoms with Crippen LogP contribution in [-0.2, 0) is 9.53 Å². The second-order valence-electron chi connectivity index (χ2n) is 7.88. The van der Waals surface area contributed by atoms with Gasteiger partial charge in [-0.1, -0.05) is 25.7 Å². The maximum Gasteiger partial charge on any atom is 0.243 e. The molecule has 1 amide bonds. The molecule has 0 spiro atoms. The smallest absolute Gasteiger partial charge is 0.243 e. The molecule has 2 aliphatic carbocycles. The van der Waals surface area contributed by atoms with Crippen LogP contribution < -0.4 is 10.6 Å². The van der Waals surface area contributed by atoms with Crippen LogP contribution in [0.25, 0.3) is 0 Å². The summed E-state index contributed by atoms with van der Waals surface area (Å²) in [7, 11) is 5.31. The summed E-state index contributed by atoms with van der Waals surface area (Å²) in [5.41, 5.74) is 0.330. The van der Waals surface area contributed by atoms with E-state index in [-0.39, 0.29) is 12.5 Å². The Kier molecular flexibility index (Phi) is 8.00. The van der Waals surface area contributed by atoms with Crippen LogP contribution in [0, 0.1) is 5.41 Å². The summed E-state index contributed by atoms with van der Waals surface area (Å²) in [4.78, 5) is 18.0. The molecular formula is C19H36N4O2. The molecule has 2 fully saturated rings. The van der Waals surface area contributed by atoms with E-state index in [9.17, 15) is 4.79 Å². The lowest BCUT2D eigenvalue weighted by atomic mass is 9.67. The molecule has 0 aromatic carbocycles. The average molecular weight is 353 g/mol. The van der Waals surface area contributed by atoms with Crippen molar-refractivity contribution in [2.75, 3.05) is 40.9 Å². The second kappa shape index (κ2) is 10.00. The van der Waals surface area contributed by atoms with Gasteiger partial charge >= 0.3 is 0 Å². The highest BCUT2D eigenvalue weighted by atomic mass is 16.5. The second-order valence-corrected chi connectivity index (χ2v) is 7.88. The minimum absolute atomic E-state index is 0.0301. The van der Waals surface area contributed by atoms with Crippen molar-refractivity contribution in [1.82, 2.24) is 15.5 Å². The van der Waals surface area contributed by atoms with Crippen molar-refractivity contribution in [3.8, 4) is 0 Å². The molecule has 0 bridgehead atoms. The van der Waals surface area contributed by atoms with Crippen molar-refractivity contribution >= 4 is 11.9 Å². The van der Waals surface area contributed by atoms with Gasteiger partial charge in [-0.15, -0.1) is 0 Å². The van der Waals surface area contributed by atoms with Crippen LogP contribution in [0.2, 0.25) is 0 Å². The zero-order valence-electron chi connectivity index (χ0n) is 16.3. The standard InChI is InChI=1S/C19H36N4O2/c1-23(2)17(24)14-20-18(22-16-8-5-4-6-9-16)21-15-19(10-7-11-19)12-13-25-3/h16H,4-15H2,1-3H3,(H2,20,21,22). The SMILES string of the molecule is COCCC1(CNC(=NCC(=O)N(C)C)NC2CCCCC2)CCC1. The van der Waals surface area contributed by atoms with Gasteiger partial charge in [-0.05, 0) is 37.5 Å². The number of rotatable bonds is 8. The van der Waals surface area contributed by atoms with Crippen molar-refractivity contribution in [3.05, 3.63) is 0 Å². The van der Waals surface area contributed by atoms with Crippen LogP contribution in [0.5, 0.6) is 0 Å². The lowest BCUT2D eigenvalue weighted by molar-refractivity contribution is -0.127. The highest BCUT2D eigenvalue weighted by Crippen LogP contribution is 2.43. The average Bonchev–Trinajstić information content (AvgIpc) is 2.58. The van der Waals surface area contributed by atoms with E-state index in [0.717, 1.165) is 25.5 Å². The summed E-state index contributed by atoms with van der Waals surface area (Å²) >= 11 is 0. The van der Waals surface area contributed by atoms with Crippen LogP contribution in [0.15, 0.2) is 4.99 Å². The molecule has 0 aromatic rings. The van der Waals surface area contributed by atoms with Crippen molar-refractivity contribution < 1.29 is 9.53 Å². The van der Waals surface area contributed by atoms with Crippen molar-refractivity contribution in [1.29, 1.82) is 0 Å². The molecule has 25 heavy (non-hydrogen) atoms. The molecule has 2 aliphatic rings. The minimum atomic E-state index is 0.0301. The maximum atomic E-state index is 11.9. The summed E-state index contributed by atoms with van der Waals surface area (Å²) in [6, 6.07) is 0.478. The van der Waals surface area contributed by atoms with Crippen LogP contribution >= 0.6 is 0 Å². The van der Waals surface area contributed by atoms with E-state index >= 15 is 0 Å². The van der Waals surface area contributed by atoms with Crippen LogP contribution in [0.1, 0.15) is 57.8 Å². The highest BCUT2D eigenvalue weighted by molar-refractivity contribution is 5.85. The molecule has 0 heterocycles. The maximum absolute atomic E-state index is 11.9. The van der Waals surface area contributed by atoms with E-state index in [2.05, 4.69) is 15.6 Å². The van der Waals surface area contributed by atoms with Gasteiger partial charge in [0.2, 0.25) is 5.91 Å². The van der Waals surface area contributed by atoms with E-state index in [0.29, 0.717) is 11.5 Å². The Morgan fingerprint density at radius 2 is 1.92 bits per heavy atom. The number of ether oxygens (including phenoxy) is 1. The molecule has 144 valence electrons. The first-order valence-corrected chi connectivity index (χ1v) is 9.79. The number of nitrogens with zero attached hydrogens (tertiary/aromatic N) is 2. The van der Waals surface area contributed by atoms with Gasteiger partial charge in [0.05, 0.1) is 0 Å². The van der Waals surface area contributed by atoms with Gasteiger partial charge in [0.15, 0.2) is 5.96 Å². The topological polar surface area (TPSA) is 66.0 Å². The first-order chi connectivity index (χ1) is 12.0. The van der Waals surface area contributed by atoms with Gasteiger partial charge in [-0.2, -0.15) is 0 Å². The fourth-order valence-corrected chi connectivity index (χ4v) is 3.66. The molecule has 0 atom stereocenters. The number of likely N-dealkylation sites (N-methyl/N-ethyl adjacent to an activating group) is 1. The van der Waals surface area contributed by atoms with Crippen molar-refractivity contribution in [2.45, 2.75) is 63.8 Å². The summed E-state index contributed by atoms with van der Waals surface area (Å²) in [6.45, 7) is 1.91. The number of carbonyl (C=O) groups excluding carboxylic acids is 1. The number of hydrogen-bond acceptors (Lipinski definition) is 3. The molecule has 0 aromatic heterocycles. The predicted octanol–water partition coefficient (Wildman–Crippen LogP) is 2.15. The van der Waals surface area contributed by atoms with Crippen molar-refractivity contribution in [3.63, 3.8) is 0 Å². The molecular weight excluding hydrogens is 316 g/mol. The third-order valence-corrected chi connectivity index (χ3v) is 5.70. The van der Waals surface area contributed by atoms with E-state index in [1.807, 2.05) is 0 Å². The molecule has 6 nitrogen and oxygen atoms in total. The molecule has 2 rings (SSSR count). The summed E-state index contributed by atoms with van der Waals surface area (Å²) < 4.78 is 5.28. The van der Waals surface area contributed by atoms with Gasteiger partial charge < -0.3 is 20.3 Å². The Balaban J connectivity index is 1.92. The minimum Gasteiger partial charge on any atom is -0.385 e. The van der Waals surface area contributed by atoms with Gasteiger partial charge in [-0.25, -0.2) is 4.99 Å². The Bertz CT molecular complexity index is 441. The number of carbonyl (C=O) groups is 1. The number of nitrogens with one attached hydrogen (secondary N) is 2. The van der Waals surface area contributed by atoms with E-state index < -0.39 is 0 Å². The van der Waals surface area contributed by atoms with Crippen molar-refractivity contribution in [2.24, 2.45) is 10.4 Å². The fraction of sp³-hybridized carbons (Fsp3) is 0.895. The molecule has 6 heteroatoms. The van der Waals surface area contributed by atoms with Crippen LogP contribution in [-0.4, -0.2) is 63.7 Å². The lowest BCUT2D eigenvalue weighted by Gasteiger charge is -2.42.